The third-order valence-corrected chi connectivity index (χ3v) is 3.37. The van der Waals surface area contributed by atoms with Crippen LogP contribution in [0.2, 0.25) is 0 Å². The standard InChI is InChI=1S/C15H16BrNO3/c1-19-15-6-10(9-18)2-4-14(15)20-13-5-3-12(16)7-11(13)8-17/h2-7,18H,8-9,17H2,1H3. The third-order valence-electron chi connectivity index (χ3n) is 2.87. The maximum Gasteiger partial charge on any atom is 0.169 e. The second-order valence-corrected chi connectivity index (χ2v) is 5.12. The molecule has 0 saturated heterocycles. The van der Waals surface area contributed by atoms with Crippen LogP contribution in [-0.2, 0) is 13.2 Å². The van der Waals surface area contributed by atoms with Gasteiger partial charge in [0, 0.05) is 16.6 Å². The molecule has 0 radical (unpaired) electrons. The maximum absolute atomic E-state index is 9.13. The summed E-state index contributed by atoms with van der Waals surface area (Å²) in [7, 11) is 1.56. The molecule has 3 N–H and O–H groups in total. The molecule has 20 heavy (non-hydrogen) atoms. The van der Waals surface area contributed by atoms with E-state index in [4.69, 9.17) is 20.3 Å². The van der Waals surface area contributed by atoms with E-state index in [9.17, 15) is 0 Å². The fraction of sp³-hybridized carbons (Fsp3) is 0.200. The predicted molar refractivity (Wildman–Crippen MR) is 81.0 cm³/mol. The number of rotatable bonds is 5. The van der Waals surface area contributed by atoms with Crippen LogP contribution in [0.1, 0.15) is 11.1 Å². The average Bonchev–Trinajstić information content (AvgIpc) is 2.49. The Morgan fingerprint density at radius 3 is 2.50 bits per heavy atom. The SMILES string of the molecule is COc1cc(CO)ccc1Oc1ccc(Br)cc1CN. The fourth-order valence-corrected chi connectivity index (χ4v) is 2.23. The zero-order valence-corrected chi connectivity index (χ0v) is 12.7. The molecule has 0 aromatic heterocycles. The summed E-state index contributed by atoms with van der Waals surface area (Å²) in [5, 5.41) is 9.13. The lowest BCUT2D eigenvalue weighted by Gasteiger charge is -2.14. The molecule has 106 valence electrons. The van der Waals surface area contributed by atoms with Gasteiger partial charge in [-0.2, -0.15) is 0 Å². The van der Waals surface area contributed by atoms with Crippen LogP contribution < -0.4 is 15.2 Å². The Balaban J connectivity index is 2.34. The van der Waals surface area contributed by atoms with Gasteiger partial charge >= 0.3 is 0 Å². The molecule has 0 aliphatic carbocycles. The van der Waals surface area contributed by atoms with E-state index in [0.29, 0.717) is 23.8 Å². The summed E-state index contributed by atoms with van der Waals surface area (Å²) in [4.78, 5) is 0. The first-order valence-corrected chi connectivity index (χ1v) is 6.91. The van der Waals surface area contributed by atoms with Crippen LogP contribution in [0.4, 0.5) is 0 Å². The number of hydrogen-bond acceptors (Lipinski definition) is 4. The minimum atomic E-state index is -0.0387. The highest BCUT2D eigenvalue weighted by Gasteiger charge is 2.10. The molecule has 4 nitrogen and oxygen atoms in total. The monoisotopic (exact) mass is 337 g/mol. The summed E-state index contributed by atoms with van der Waals surface area (Å²) in [6, 6.07) is 11.0. The van der Waals surface area contributed by atoms with E-state index in [-0.39, 0.29) is 6.61 Å². The van der Waals surface area contributed by atoms with Crippen LogP contribution in [0.5, 0.6) is 17.2 Å². The van der Waals surface area contributed by atoms with Gasteiger partial charge < -0.3 is 20.3 Å². The summed E-state index contributed by atoms with van der Waals surface area (Å²) in [5.74, 6) is 1.84. The van der Waals surface area contributed by atoms with E-state index in [2.05, 4.69) is 15.9 Å². The number of aliphatic hydroxyl groups excluding tert-OH is 1. The second kappa shape index (κ2) is 6.74. The van der Waals surface area contributed by atoms with Crippen molar-refractivity contribution in [1.29, 1.82) is 0 Å². The van der Waals surface area contributed by atoms with Crippen molar-refractivity contribution >= 4 is 15.9 Å². The molecular weight excluding hydrogens is 322 g/mol. The van der Waals surface area contributed by atoms with Gasteiger partial charge in [0.2, 0.25) is 0 Å². The third kappa shape index (κ3) is 3.30. The minimum absolute atomic E-state index is 0.0387. The number of nitrogens with two attached hydrogens (primary N) is 1. The van der Waals surface area contributed by atoms with E-state index in [1.54, 1.807) is 25.3 Å². The number of hydrogen-bond donors (Lipinski definition) is 2. The van der Waals surface area contributed by atoms with Crippen LogP contribution in [-0.4, -0.2) is 12.2 Å². The summed E-state index contributed by atoms with van der Waals surface area (Å²) in [6.45, 7) is 0.342. The molecule has 0 atom stereocenters. The molecule has 0 bridgehead atoms. The van der Waals surface area contributed by atoms with Crippen molar-refractivity contribution in [3.63, 3.8) is 0 Å². The van der Waals surface area contributed by atoms with E-state index >= 15 is 0 Å². The van der Waals surface area contributed by atoms with Crippen molar-refractivity contribution in [2.24, 2.45) is 5.73 Å². The van der Waals surface area contributed by atoms with Crippen molar-refractivity contribution in [3.8, 4) is 17.2 Å². The first-order chi connectivity index (χ1) is 9.67. The van der Waals surface area contributed by atoms with E-state index < -0.39 is 0 Å². The van der Waals surface area contributed by atoms with Crippen LogP contribution >= 0.6 is 15.9 Å². The number of methoxy groups -OCH3 is 1. The first-order valence-electron chi connectivity index (χ1n) is 6.12. The van der Waals surface area contributed by atoms with E-state index in [1.807, 2.05) is 18.2 Å². The van der Waals surface area contributed by atoms with Crippen LogP contribution in [0.15, 0.2) is 40.9 Å². The Kier molecular flexibility index (Phi) is 5.00. The van der Waals surface area contributed by atoms with Gasteiger partial charge in [-0.25, -0.2) is 0 Å². The Morgan fingerprint density at radius 2 is 1.85 bits per heavy atom. The van der Waals surface area contributed by atoms with Crippen LogP contribution in [0, 0.1) is 0 Å². The molecule has 2 aromatic rings. The molecular formula is C15H16BrNO3. The quantitative estimate of drug-likeness (QED) is 0.879. The Bertz CT molecular complexity index is 602. The summed E-state index contributed by atoms with van der Waals surface area (Å²) < 4.78 is 12.1. The van der Waals surface area contributed by atoms with Gasteiger partial charge in [0.1, 0.15) is 5.75 Å². The Morgan fingerprint density at radius 1 is 1.10 bits per heavy atom. The second-order valence-electron chi connectivity index (χ2n) is 4.20. The lowest BCUT2D eigenvalue weighted by atomic mass is 10.2. The van der Waals surface area contributed by atoms with Crippen molar-refractivity contribution in [3.05, 3.63) is 52.0 Å². The zero-order chi connectivity index (χ0) is 14.5. The zero-order valence-electron chi connectivity index (χ0n) is 11.1. The highest BCUT2D eigenvalue weighted by molar-refractivity contribution is 9.10. The van der Waals surface area contributed by atoms with Crippen molar-refractivity contribution in [2.75, 3.05) is 7.11 Å². The van der Waals surface area contributed by atoms with Gasteiger partial charge in [0.25, 0.3) is 0 Å². The summed E-state index contributed by atoms with van der Waals surface area (Å²) in [5.41, 5.74) is 7.39. The van der Waals surface area contributed by atoms with E-state index in [0.717, 1.165) is 15.6 Å². The number of ether oxygens (including phenoxy) is 2. The maximum atomic E-state index is 9.13. The van der Waals surface area contributed by atoms with Gasteiger partial charge in [-0.1, -0.05) is 22.0 Å². The topological polar surface area (TPSA) is 64.7 Å². The number of halogens is 1. The summed E-state index contributed by atoms with van der Waals surface area (Å²) >= 11 is 3.41. The summed E-state index contributed by atoms with van der Waals surface area (Å²) in [6.07, 6.45) is 0. The molecule has 0 saturated carbocycles. The minimum Gasteiger partial charge on any atom is -0.493 e. The molecule has 0 heterocycles. The largest absolute Gasteiger partial charge is 0.493 e. The first kappa shape index (κ1) is 14.8. The molecule has 0 fully saturated rings. The van der Waals surface area contributed by atoms with Gasteiger partial charge in [0.05, 0.1) is 13.7 Å². The van der Waals surface area contributed by atoms with Gasteiger partial charge in [-0.05, 0) is 35.9 Å². The Labute approximate surface area is 126 Å². The lowest BCUT2D eigenvalue weighted by molar-refractivity contribution is 0.280. The number of benzene rings is 2. The normalized spacial score (nSPS) is 10.4. The van der Waals surface area contributed by atoms with Crippen molar-refractivity contribution < 1.29 is 14.6 Å². The molecule has 0 aliphatic rings. The van der Waals surface area contributed by atoms with Crippen LogP contribution in [0.3, 0.4) is 0 Å². The predicted octanol–water partition coefficient (Wildman–Crippen LogP) is 3.20. The highest BCUT2D eigenvalue weighted by atomic mass is 79.9. The van der Waals surface area contributed by atoms with Crippen molar-refractivity contribution in [2.45, 2.75) is 13.2 Å². The molecule has 5 heteroatoms. The molecule has 0 amide bonds. The van der Waals surface area contributed by atoms with Gasteiger partial charge in [0.15, 0.2) is 11.5 Å². The lowest BCUT2D eigenvalue weighted by Crippen LogP contribution is -2.00. The Hall–Kier alpha value is -1.56. The van der Waals surface area contributed by atoms with Crippen molar-refractivity contribution in [1.82, 2.24) is 0 Å². The van der Waals surface area contributed by atoms with Gasteiger partial charge in [-0.3, -0.25) is 0 Å². The average molecular weight is 338 g/mol. The van der Waals surface area contributed by atoms with Crippen LogP contribution in [0.25, 0.3) is 0 Å². The molecule has 0 aliphatic heterocycles. The molecule has 2 aromatic carbocycles. The molecule has 2 rings (SSSR count). The van der Waals surface area contributed by atoms with E-state index in [1.165, 1.54) is 0 Å². The van der Waals surface area contributed by atoms with Gasteiger partial charge in [-0.15, -0.1) is 0 Å². The molecule has 0 spiro atoms. The fourth-order valence-electron chi connectivity index (χ4n) is 1.82. The smallest absolute Gasteiger partial charge is 0.169 e. The molecule has 0 unspecified atom stereocenters. The highest BCUT2D eigenvalue weighted by Crippen LogP contribution is 2.34. The number of aliphatic hydroxyl groups is 1.